The van der Waals surface area contributed by atoms with Crippen molar-refractivity contribution < 1.29 is 5.11 Å². The molecule has 0 bridgehead atoms. The number of hydrogen-bond donors (Lipinski definition) is 1. The van der Waals surface area contributed by atoms with E-state index < -0.39 is 0 Å². The first kappa shape index (κ1) is 11.1. The van der Waals surface area contributed by atoms with Crippen molar-refractivity contribution in [3.63, 3.8) is 0 Å². The van der Waals surface area contributed by atoms with Crippen LogP contribution in [0.25, 0.3) is 0 Å². The van der Waals surface area contributed by atoms with Crippen LogP contribution in [0.4, 0.5) is 0 Å². The summed E-state index contributed by atoms with van der Waals surface area (Å²) in [6.07, 6.45) is 2.33. The largest absolute Gasteiger partial charge is 0.395 e. The number of aliphatic hydroxyl groups is 1. The van der Waals surface area contributed by atoms with Gasteiger partial charge in [-0.25, -0.2) is 0 Å². The Morgan fingerprint density at radius 2 is 2.20 bits per heavy atom. The number of aliphatic hydroxyl groups excluding tert-OH is 1. The van der Waals surface area contributed by atoms with Crippen molar-refractivity contribution in [2.75, 3.05) is 13.2 Å². The molecule has 1 aromatic carbocycles. The third-order valence-electron chi connectivity index (χ3n) is 3.04. The van der Waals surface area contributed by atoms with E-state index in [1.165, 1.54) is 12.0 Å². The van der Waals surface area contributed by atoms with Crippen LogP contribution in [0.1, 0.15) is 18.4 Å². The second kappa shape index (κ2) is 5.10. The summed E-state index contributed by atoms with van der Waals surface area (Å²) in [4.78, 5) is 2.36. The Kier molecular flexibility index (Phi) is 3.78. The lowest BCUT2D eigenvalue weighted by atomic mass is 10.2. The number of rotatable bonds is 3. The van der Waals surface area contributed by atoms with Crippen LogP contribution in [0.5, 0.6) is 0 Å². The van der Waals surface area contributed by atoms with Gasteiger partial charge in [-0.1, -0.05) is 34.1 Å². The minimum Gasteiger partial charge on any atom is -0.395 e. The summed E-state index contributed by atoms with van der Waals surface area (Å²) in [5, 5.41) is 9.23. The van der Waals surface area contributed by atoms with E-state index in [4.69, 9.17) is 0 Å². The van der Waals surface area contributed by atoms with Crippen LogP contribution < -0.4 is 0 Å². The molecular formula is C12H16BrNO. The van der Waals surface area contributed by atoms with Crippen LogP contribution in [-0.2, 0) is 6.54 Å². The van der Waals surface area contributed by atoms with Gasteiger partial charge in [0.25, 0.3) is 0 Å². The average molecular weight is 270 g/mol. The molecule has 0 aliphatic carbocycles. The molecule has 0 saturated carbocycles. The highest BCUT2D eigenvalue weighted by Crippen LogP contribution is 2.23. The van der Waals surface area contributed by atoms with Gasteiger partial charge in [-0.3, -0.25) is 4.90 Å². The molecule has 1 aliphatic heterocycles. The molecular weight excluding hydrogens is 254 g/mol. The molecule has 82 valence electrons. The Morgan fingerprint density at radius 1 is 1.40 bits per heavy atom. The predicted octanol–water partition coefficient (Wildman–Crippen LogP) is 2.41. The molecule has 0 aromatic heterocycles. The highest BCUT2D eigenvalue weighted by atomic mass is 79.9. The van der Waals surface area contributed by atoms with Gasteiger partial charge in [0.15, 0.2) is 0 Å². The van der Waals surface area contributed by atoms with E-state index in [0.29, 0.717) is 6.04 Å². The Hall–Kier alpha value is -0.380. The van der Waals surface area contributed by atoms with Crippen molar-refractivity contribution in [1.29, 1.82) is 0 Å². The second-order valence-corrected chi connectivity index (χ2v) is 4.89. The summed E-state index contributed by atoms with van der Waals surface area (Å²) in [6.45, 7) is 2.32. The molecule has 1 aromatic rings. The van der Waals surface area contributed by atoms with Gasteiger partial charge in [-0.15, -0.1) is 0 Å². The van der Waals surface area contributed by atoms with E-state index in [9.17, 15) is 5.11 Å². The van der Waals surface area contributed by atoms with Crippen LogP contribution in [0.2, 0.25) is 0 Å². The highest BCUT2D eigenvalue weighted by molar-refractivity contribution is 9.10. The Bertz CT molecular complexity index is 329. The number of benzene rings is 1. The molecule has 0 radical (unpaired) electrons. The molecule has 15 heavy (non-hydrogen) atoms. The van der Waals surface area contributed by atoms with E-state index in [1.54, 1.807) is 0 Å². The lowest BCUT2D eigenvalue weighted by molar-refractivity contribution is 0.153. The third kappa shape index (κ3) is 2.60. The summed E-state index contributed by atoms with van der Waals surface area (Å²) in [6, 6.07) is 8.65. The summed E-state index contributed by atoms with van der Waals surface area (Å²) in [5.41, 5.74) is 1.30. The molecule has 1 unspecified atom stereocenters. The van der Waals surface area contributed by atoms with E-state index in [2.05, 4.69) is 39.0 Å². The van der Waals surface area contributed by atoms with Gasteiger partial charge < -0.3 is 5.11 Å². The van der Waals surface area contributed by atoms with Gasteiger partial charge in [-0.05, 0) is 31.0 Å². The molecule has 1 aliphatic rings. The third-order valence-corrected chi connectivity index (χ3v) is 3.81. The van der Waals surface area contributed by atoms with E-state index in [1.807, 2.05) is 6.07 Å². The molecule has 1 heterocycles. The van der Waals surface area contributed by atoms with Crippen LogP contribution >= 0.6 is 15.9 Å². The Labute approximate surface area is 99.0 Å². The van der Waals surface area contributed by atoms with Crippen molar-refractivity contribution in [3.05, 3.63) is 34.3 Å². The predicted molar refractivity (Wildman–Crippen MR) is 64.7 cm³/mol. The second-order valence-electron chi connectivity index (χ2n) is 4.04. The van der Waals surface area contributed by atoms with Crippen molar-refractivity contribution in [3.8, 4) is 0 Å². The highest BCUT2D eigenvalue weighted by Gasteiger charge is 2.23. The standard InChI is InChI=1S/C12H16BrNO/c13-12-6-2-1-4-10(12)8-14-7-3-5-11(14)9-15/h1-2,4,6,11,15H,3,5,7-9H2. The van der Waals surface area contributed by atoms with E-state index in [-0.39, 0.29) is 6.61 Å². The number of nitrogens with zero attached hydrogens (tertiary/aromatic N) is 1. The normalized spacial score (nSPS) is 22.1. The quantitative estimate of drug-likeness (QED) is 0.911. The van der Waals surface area contributed by atoms with Gasteiger partial charge in [0.05, 0.1) is 6.61 Å². The van der Waals surface area contributed by atoms with Crippen molar-refractivity contribution in [1.82, 2.24) is 4.90 Å². The maximum atomic E-state index is 9.23. The van der Waals surface area contributed by atoms with E-state index in [0.717, 1.165) is 24.0 Å². The first-order valence-corrected chi connectivity index (χ1v) is 6.19. The SMILES string of the molecule is OCC1CCCN1Cc1ccccc1Br. The Balaban J connectivity index is 2.05. The first-order chi connectivity index (χ1) is 7.31. The monoisotopic (exact) mass is 269 g/mol. The summed E-state index contributed by atoms with van der Waals surface area (Å²) >= 11 is 3.56. The van der Waals surface area contributed by atoms with Crippen LogP contribution in [0, 0.1) is 0 Å². The fourth-order valence-electron chi connectivity index (χ4n) is 2.16. The van der Waals surface area contributed by atoms with Gasteiger partial charge in [0, 0.05) is 17.1 Å². The van der Waals surface area contributed by atoms with Crippen LogP contribution in [-0.4, -0.2) is 29.2 Å². The summed E-state index contributed by atoms with van der Waals surface area (Å²) < 4.78 is 1.16. The molecule has 2 nitrogen and oxygen atoms in total. The van der Waals surface area contributed by atoms with Gasteiger partial charge in [0.1, 0.15) is 0 Å². The maximum Gasteiger partial charge on any atom is 0.0587 e. The fraction of sp³-hybridized carbons (Fsp3) is 0.500. The first-order valence-electron chi connectivity index (χ1n) is 5.39. The summed E-state index contributed by atoms with van der Waals surface area (Å²) in [5.74, 6) is 0. The molecule has 1 N–H and O–H groups in total. The fourth-order valence-corrected chi connectivity index (χ4v) is 2.57. The topological polar surface area (TPSA) is 23.5 Å². The number of halogens is 1. The van der Waals surface area contributed by atoms with Crippen LogP contribution in [0.3, 0.4) is 0 Å². The zero-order valence-corrected chi connectivity index (χ0v) is 10.3. The number of hydrogen-bond acceptors (Lipinski definition) is 2. The maximum absolute atomic E-state index is 9.23. The molecule has 1 saturated heterocycles. The smallest absolute Gasteiger partial charge is 0.0587 e. The average Bonchev–Trinajstić information content (AvgIpc) is 2.69. The minimum absolute atomic E-state index is 0.282. The zero-order valence-electron chi connectivity index (χ0n) is 8.69. The lowest BCUT2D eigenvalue weighted by Gasteiger charge is -2.23. The van der Waals surface area contributed by atoms with Crippen molar-refractivity contribution in [2.24, 2.45) is 0 Å². The molecule has 0 spiro atoms. The van der Waals surface area contributed by atoms with Gasteiger partial charge in [-0.2, -0.15) is 0 Å². The van der Waals surface area contributed by atoms with Crippen molar-refractivity contribution in [2.45, 2.75) is 25.4 Å². The summed E-state index contributed by atoms with van der Waals surface area (Å²) in [7, 11) is 0. The molecule has 3 heteroatoms. The Morgan fingerprint density at radius 3 is 2.93 bits per heavy atom. The molecule has 1 fully saturated rings. The van der Waals surface area contributed by atoms with Crippen LogP contribution in [0.15, 0.2) is 28.7 Å². The number of likely N-dealkylation sites (tertiary alicyclic amines) is 1. The zero-order chi connectivity index (χ0) is 10.7. The molecule has 1 atom stereocenters. The molecule has 0 amide bonds. The molecule has 2 rings (SSSR count). The van der Waals surface area contributed by atoms with Crippen molar-refractivity contribution >= 4 is 15.9 Å². The van der Waals surface area contributed by atoms with Gasteiger partial charge in [0.2, 0.25) is 0 Å². The van der Waals surface area contributed by atoms with E-state index >= 15 is 0 Å². The van der Waals surface area contributed by atoms with Gasteiger partial charge >= 0.3 is 0 Å². The minimum atomic E-state index is 0.282. The lowest BCUT2D eigenvalue weighted by Crippen LogP contribution is -2.31.